The number of imide groups is 1. The van der Waals surface area contributed by atoms with Crippen LogP contribution in [0.4, 0.5) is 18.9 Å². The number of rotatable bonds is 5. The van der Waals surface area contributed by atoms with E-state index < -0.39 is 70.1 Å². The van der Waals surface area contributed by atoms with Crippen LogP contribution in [0.5, 0.6) is 0 Å². The predicted molar refractivity (Wildman–Crippen MR) is 126 cm³/mol. The van der Waals surface area contributed by atoms with Crippen LogP contribution in [0.15, 0.2) is 48.5 Å². The number of halogens is 3. The molecule has 5 rings (SSSR count). The maximum absolute atomic E-state index is 13.8. The van der Waals surface area contributed by atoms with Crippen LogP contribution >= 0.6 is 0 Å². The second-order valence-corrected chi connectivity index (χ2v) is 10.1. The highest BCUT2D eigenvalue weighted by Crippen LogP contribution is 2.63. The van der Waals surface area contributed by atoms with E-state index in [0.717, 1.165) is 22.6 Å². The lowest BCUT2D eigenvalue weighted by molar-refractivity contribution is -0.154. The second-order valence-electron chi connectivity index (χ2n) is 10.1. The molecule has 1 N–H and O–H groups in total. The van der Waals surface area contributed by atoms with Gasteiger partial charge in [-0.1, -0.05) is 30.3 Å². The molecule has 11 heteroatoms. The first-order valence-corrected chi connectivity index (χ1v) is 11.9. The van der Waals surface area contributed by atoms with Crippen LogP contribution in [-0.4, -0.2) is 42.1 Å². The molecule has 0 saturated carbocycles. The summed E-state index contributed by atoms with van der Waals surface area (Å²) in [5.74, 6) is -5.26. The monoisotopic (exact) mass is 527 g/mol. The Bertz CT molecular complexity index is 1370. The zero-order valence-corrected chi connectivity index (χ0v) is 20.7. The van der Waals surface area contributed by atoms with Crippen LogP contribution < -0.4 is 10.2 Å². The number of hydrogen-bond donors (Lipinski definition) is 1. The second kappa shape index (κ2) is 8.64. The predicted octanol–water partition coefficient (Wildman–Crippen LogP) is 3.19. The van der Waals surface area contributed by atoms with E-state index in [1.54, 1.807) is 13.8 Å². The largest absolute Gasteiger partial charge is 0.469 e. The van der Waals surface area contributed by atoms with Crippen molar-refractivity contribution in [2.24, 2.45) is 17.8 Å². The van der Waals surface area contributed by atoms with Gasteiger partial charge in [-0.05, 0) is 37.6 Å². The first-order chi connectivity index (χ1) is 17.9. The van der Waals surface area contributed by atoms with Gasteiger partial charge in [-0.3, -0.25) is 14.4 Å². The number of esters is 1. The number of methoxy groups -OCH3 is 1. The Labute approximate surface area is 216 Å². The van der Waals surface area contributed by atoms with Crippen molar-refractivity contribution in [3.63, 3.8) is 0 Å². The Morgan fingerprint density at radius 1 is 1.11 bits per heavy atom. The number of fused-ring (bicyclic) bond motifs is 5. The van der Waals surface area contributed by atoms with Crippen LogP contribution in [-0.2, 0) is 36.6 Å². The van der Waals surface area contributed by atoms with Gasteiger partial charge in [0.2, 0.25) is 11.8 Å². The van der Waals surface area contributed by atoms with Crippen molar-refractivity contribution in [2.75, 3.05) is 12.0 Å². The summed E-state index contributed by atoms with van der Waals surface area (Å²) in [4.78, 5) is 41.2. The zero-order chi connectivity index (χ0) is 27.6. The molecule has 2 amide bonds. The molecule has 2 aromatic carbocycles. The molecule has 0 spiro atoms. The molecule has 3 heterocycles. The average Bonchev–Trinajstić information content (AvgIpc) is 3.40. The molecular formula is C27H24F3N3O5. The highest BCUT2D eigenvalue weighted by molar-refractivity contribution is 6.23. The molecule has 3 fully saturated rings. The normalized spacial score (nSPS) is 31.9. The van der Waals surface area contributed by atoms with Crippen molar-refractivity contribution in [2.45, 2.75) is 43.8 Å². The summed E-state index contributed by atoms with van der Waals surface area (Å²) in [5, 5.41) is 12.4. The molecule has 38 heavy (non-hydrogen) atoms. The third kappa shape index (κ3) is 3.55. The van der Waals surface area contributed by atoms with Gasteiger partial charge in [0.25, 0.3) is 0 Å². The summed E-state index contributed by atoms with van der Waals surface area (Å²) in [6.07, 6.45) is -4.87. The van der Waals surface area contributed by atoms with Gasteiger partial charge in [-0.2, -0.15) is 18.4 Å². The molecule has 198 valence electrons. The van der Waals surface area contributed by atoms with Gasteiger partial charge in [-0.25, -0.2) is 4.90 Å². The fourth-order valence-electron chi connectivity index (χ4n) is 6.50. The van der Waals surface area contributed by atoms with Crippen molar-refractivity contribution < 1.29 is 37.0 Å². The van der Waals surface area contributed by atoms with E-state index in [1.165, 1.54) is 13.2 Å². The minimum Gasteiger partial charge on any atom is -0.469 e. The van der Waals surface area contributed by atoms with Crippen LogP contribution in [0.3, 0.4) is 0 Å². The number of nitrogens with one attached hydrogen (secondary N) is 1. The van der Waals surface area contributed by atoms with E-state index in [0.29, 0.717) is 12.6 Å². The maximum atomic E-state index is 13.8. The van der Waals surface area contributed by atoms with E-state index in [2.05, 4.69) is 5.32 Å². The van der Waals surface area contributed by atoms with Gasteiger partial charge in [0, 0.05) is 6.54 Å². The molecule has 8 nitrogen and oxygen atoms in total. The van der Waals surface area contributed by atoms with Gasteiger partial charge in [0.05, 0.1) is 59.1 Å². The molecule has 3 aliphatic heterocycles. The quantitative estimate of drug-likeness (QED) is 0.470. The fraction of sp³-hybridized carbons (Fsp3) is 0.407. The van der Waals surface area contributed by atoms with Crippen molar-refractivity contribution in [3.8, 4) is 6.07 Å². The van der Waals surface area contributed by atoms with E-state index in [9.17, 15) is 27.6 Å². The number of benzene rings is 2. The Kier molecular flexibility index (Phi) is 5.89. The number of amides is 2. The Hall–Kier alpha value is -3.75. The smallest absolute Gasteiger partial charge is 0.417 e. The molecule has 0 aliphatic carbocycles. The Morgan fingerprint density at radius 2 is 1.74 bits per heavy atom. The minimum absolute atomic E-state index is 0.296. The van der Waals surface area contributed by atoms with Gasteiger partial charge >= 0.3 is 12.1 Å². The summed E-state index contributed by atoms with van der Waals surface area (Å²) in [6, 6.07) is 12.8. The van der Waals surface area contributed by atoms with Crippen molar-refractivity contribution in [3.05, 3.63) is 65.2 Å². The number of nitrogens with zero attached hydrogens (tertiary/aromatic N) is 2. The first kappa shape index (κ1) is 25.9. The Balaban J connectivity index is 1.56. The molecule has 0 aromatic heterocycles. The zero-order valence-electron chi connectivity index (χ0n) is 20.7. The maximum Gasteiger partial charge on any atom is 0.417 e. The first-order valence-electron chi connectivity index (χ1n) is 11.9. The molecule has 0 radical (unpaired) electrons. The number of nitriles is 1. The average molecular weight is 527 g/mol. The summed E-state index contributed by atoms with van der Waals surface area (Å²) in [5.41, 5.74) is -4.05. The lowest BCUT2D eigenvalue weighted by Crippen LogP contribution is -2.61. The lowest BCUT2D eigenvalue weighted by atomic mass is 9.61. The van der Waals surface area contributed by atoms with E-state index >= 15 is 0 Å². The third-order valence-electron chi connectivity index (χ3n) is 8.06. The summed E-state index contributed by atoms with van der Waals surface area (Å²) < 4.78 is 52.2. The van der Waals surface area contributed by atoms with Gasteiger partial charge in [0.1, 0.15) is 5.92 Å². The molecule has 2 bridgehead atoms. The van der Waals surface area contributed by atoms with Crippen molar-refractivity contribution >= 4 is 23.5 Å². The third-order valence-corrected chi connectivity index (χ3v) is 8.06. The number of alkyl halides is 3. The summed E-state index contributed by atoms with van der Waals surface area (Å²) in [7, 11) is 1.22. The molecular weight excluding hydrogens is 503 g/mol. The molecule has 2 unspecified atom stereocenters. The number of anilines is 1. The number of carbonyl (C=O) groups is 3. The fourth-order valence-corrected chi connectivity index (χ4v) is 6.50. The summed E-state index contributed by atoms with van der Waals surface area (Å²) in [6.45, 7) is 3.54. The lowest BCUT2D eigenvalue weighted by Gasteiger charge is -2.40. The van der Waals surface area contributed by atoms with Crippen LogP contribution in [0.1, 0.15) is 30.5 Å². The standard InChI is InChI=1S/C27H24F3N3O5/c1-25-18-19(23(35)33(22(18)34)16-10-9-15(12-31)17(11-16)27(28,29)30)26(2,38-25)21(20(25)24(36)37-3)32-13-14-7-5-4-6-8-14/h4-11,18-21,32H,13H2,1-3H3/t18-,19+,20-,21+,25?,26?/m0/s1. The van der Waals surface area contributed by atoms with E-state index in [1.807, 2.05) is 30.3 Å². The van der Waals surface area contributed by atoms with Crippen molar-refractivity contribution in [1.29, 1.82) is 5.26 Å². The number of ether oxygens (including phenoxy) is 2. The van der Waals surface area contributed by atoms with Crippen LogP contribution in [0.25, 0.3) is 0 Å². The Morgan fingerprint density at radius 3 is 2.32 bits per heavy atom. The van der Waals surface area contributed by atoms with Crippen molar-refractivity contribution in [1.82, 2.24) is 5.32 Å². The van der Waals surface area contributed by atoms with Gasteiger partial charge in [0.15, 0.2) is 0 Å². The highest BCUT2D eigenvalue weighted by atomic mass is 19.4. The minimum atomic E-state index is -4.87. The summed E-state index contributed by atoms with van der Waals surface area (Å²) >= 11 is 0. The van der Waals surface area contributed by atoms with E-state index in [4.69, 9.17) is 14.7 Å². The number of carbonyl (C=O) groups excluding carboxylic acids is 3. The molecule has 3 saturated heterocycles. The highest BCUT2D eigenvalue weighted by Gasteiger charge is 2.80. The number of hydrogen-bond acceptors (Lipinski definition) is 7. The molecule has 2 aromatic rings. The van der Waals surface area contributed by atoms with Crippen LogP contribution in [0, 0.1) is 29.1 Å². The SMILES string of the molecule is COC(=O)[C@@H]1[C@@H](NCc2ccccc2)C2(C)OC1(C)[C@@H]1C(=O)N(c3ccc(C#N)c(C(F)(F)F)c3)C(=O)[C@@H]12. The molecule has 6 atom stereocenters. The van der Waals surface area contributed by atoms with Gasteiger partial charge < -0.3 is 14.8 Å². The van der Waals surface area contributed by atoms with Crippen LogP contribution in [0.2, 0.25) is 0 Å². The topological polar surface area (TPSA) is 109 Å². The van der Waals surface area contributed by atoms with Gasteiger partial charge in [-0.15, -0.1) is 0 Å². The van der Waals surface area contributed by atoms with E-state index in [-0.39, 0.29) is 5.69 Å². The molecule has 3 aliphatic rings.